The van der Waals surface area contributed by atoms with Crippen molar-refractivity contribution in [2.75, 3.05) is 26.2 Å². The molecule has 0 saturated carbocycles. The molecule has 1 aromatic rings. The quantitative estimate of drug-likeness (QED) is 0.808. The largest absolute Gasteiger partial charge is 0.368 e. The normalized spacial score (nSPS) is 17.7. The van der Waals surface area contributed by atoms with Crippen LogP contribution in [0.5, 0.6) is 0 Å². The van der Waals surface area contributed by atoms with Gasteiger partial charge < -0.3 is 16.4 Å². The molecule has 8 heteroatoms. The van der Waals surface area contributed by atoms with E-state index in [1.54, 1.807) is 17.0 Å². The molecule has 0 spiro atoms. The predicted molar refractivity (Wildman–Crippen MR) is 97.1 cm³/mol. The van der Waals surface area contributed by atoms with Gasteiger partial charge in [0.2, 0.25) is 11.8 Å². The number of halogens is 2. The van der Waals surface area contributed by atoms with Gasteiger partial charge in [-0.3, -0.25) is 14.5 Å². The summed E-state index contributed by atoms with van der Waals surface area (Å²) in [6, 6.07) is 6.47. The number of rotatable bonds is 5. The molecule has 4 N–H and O–H groups in total. The Morgan fingerprint density at radius 1 is 1.17 bits per heavy atom. The van der Waals surface area contributed by atoms with Gasteiger partial charge in [-0.15, -0.1) is 12.4 Å². The van der Waals surface area contributed by atoms with Crippen molar-refractivity contribution in [3.63, 3.8) is 0 Å². The van der Waals surface area contributed by atoms with Gasteiger partial charge in [-0.2, -0.15) is 0 Å². The molecular weight excluding hydrogens is 351 g/mol. The van der Waals surface area contributed by atoms with Crippen LogP contribution in [0.1, 0.15) is 24.9 Å². The van der Waals surface area contributed by atoms with Crippen LogP contribution in [0.4, 0.5) is 0 Å². The Kier molecular flexibility index (Phi) is 7.96. The summed E-state index contributed by atoms with van der Waals surface area (Å²) in [6.07, 6.45) is 0.344. The fourth-order valence-electron chi connectivity index (χ4n) is 2.83. The van der Waals surface area contributed by atoms with E-state index in [1.807, 2.05) is 24.0 Å². The van der Waals surface area contributed by atoms with Crippen molar-refractivity contribution in [1.82, 2.24) is 9.80 Å². The first-order valence-corrected chi connectivity index (χ1v) is 8.08. The lowest BCUT2D eigenvalue weighted by atomic mass is 10.0. The number of hydrogen-bond donors (Lipinski definition) is 2. The molecule has 24 heavy (non-hydrogen) atoms. The number of carbonyl (C=O) groups is 2. The van der Waals surface area contributed by atoms with Crippen LogP contribution in [-0.4, -0.2) is 53.8 Å². The highest BCUT2D eigenvalue weighted by Gasteiger charge is 2.30. The highest BCUT2D eigenvalue weighted by atomic mass is 35.5. The Labute approximate surface area is 153 Å². The molecule has 1 saturated heterocycles. The average molecular weight is 375 g/mol. The van der Waals surface area contributed by atoms with Crippen LogP contribution in [0.3, 0.4) is 0 Å². The van der Waals surface area contributed by atoms with Crippen LogP contribution in [0.15, 0.2) is 24.3 Å². The second-order valence-corrected chi connectivity index (χ2v) is 6.39. The molecule has 0 aromatic heterocycles. The zero-order chi connectivity index (χ0) is 17.0. The molecule has 1 aliphatic rings. The second kappa shape index (κ2) is 9.22. The zero-order valence-electron chi connectivity index (χ0n) is 13.7. The molecule has 0 aliphatic carbocycles. The van der Waals surface area contributed by atoms with Gasteiger partial charge in [-0.25, -0.2) is 0 Å². The maximum Gasteiger partial charge on any atom is 0.239 e. The van der Waals surface area contributed by atoms with Crippen molar-refractivity contribution in [3.8, 4) is 0 Å². The highest BCUT2D eigenvalue weighted by Crippen LogP contribution is 2.23. The molecule has 2 amide bonds. The first-order valence-electron chi connectivity index (χ1n) is 7.70. The number of hydrogen-bond acceptors (Lipinski definition) is 4. The van der Waals surface area contributed by atoms with Gasteiger partial charge in [0.15, 0.2) is 0 Å². The summed E-state index contributed by atoms with van der Waals surface area (Å²) >= 11 is 5.89. The van der Waals surface area contributed by atoms with Crippen molar-refractivity contribution in [1.29, 1.82) is 0 Å². The van der Waals surface area contributed by atoms with E-state index >= 15 is 0 Å². The lowest BCUT2D eigenvalue weighted by Crippen LogP contribution is -2.52. The third-order valence-corrected chi connectivity index (χ3v) is 4.24. The Balaban J connectivity index is 0.00000288. The SMILES string of the molecule is CC(N)CC(=O)N1CCN(C(C(N)=O)c2ccc(Cl)cc2)CC1.Cl. The summed E-state index contributed by atoms with van der Waals surface area (Å²) in [7, 11) is 0. The number of nitrogens with zero attached hydrogens (tertiary/aromatic N) is 2. The van der Waals surface area contributed by atoms with E-state index in [0.717, 1.165) is 5.56 Å². The smallest absolute Gasteiger partial charge is 0.239 e. The minimum absolute atomic E-state index is 0. The van der Waals surface area contributed by atoms with E-state index in [2.05, 4.69) is 0 Å². The predicted octanol–water partition coefficient (Wildman–Crippen LogP) is 1.17. The topological polar surface area (TPSA) is 92.7 Å². The lowest BCUT2D eigenvalue weighted by molar-refractivity contribution is -0.134. The first-order chi connectivity index (χ1) is 10.9. The molecule has 2 rings (SSSR count). The minimum atomic E-state index is -0.502. The van der Waals surface area contributed by atoms with Crippen LogP contribution < -0.4 is 11.5 Å². The van der Waals surface area contributed by atoms with E-state index in [1.165, 1.54) is 0 Å². The van der Waals surface area contributed by atoms with E-state index in [-0.39, 0.29) is 24.4 Å². The molecule has 2 unspecified atom stereocenters. The summed E-state index contributed by atoms with van der Waals surface area (Å²) in [5.41, 5.74) is 12.1. The average Bonchev–Trinajstić information content (AvgIpc) is 2.49. The summed E-state index contributed by atoms with van der Waals surface area (Å²) in [6.45, 7) is 4.16. The van der Waals surface area contributed by atoms with Gasteiger partial charge in [0.25, 0.3) is 0 Å². The summed E-state index contributed by atoms with van der Waals surface area (Å²) < 4.78 is 0. The van der Waals surface area contributed by atoms with Gasteiger partial charge in [0.05, 0.1) is 0 Å². The number of primary amides is 1. The Hall–Kier alpha value is -1.34. The van der Waals surface area contributed by atoms with Crippen LogP contribution in [0, 0.1) is 0 Å². The van der Waals surface area contributed by atoms with E-state index in [0.29, 0.717) is 37.6 Å². The van der Waals surface area contributed by atoms with Crippen LogP contribution in [-0.2, 0) is 9.59 Å². The van der Waals surface area contributed by atoms with E-state index in [9.17, 15) is 9.59 Å². The maximum atomic E-state index is 12.0. The van der Waals surface area contributed by atoms with Crippen LogP contribution in [0.2, 0.25) is 5.02 Å². The van der Waals surface area contributed by atoms with Crippen LogP contribution >= 0.6 is 24.0 Å². The van der Waals surface area contributed by atoms with Gasteiger partial charge in [0, 0.05) is 43.7 Å². The molecule has 1 heterocycles. The van der Waals surface area contributed by atoms with E-state index < -0.39 is 11.9 Å². The molecule has 0 radical (unpaired) electrons. The van der Waals surface area contributed by atoms with Gasteiger partial charge >= 0.3 is 0 Å². The van der Waals surface area contributed by atoms with Crippen molar-refractivity contribution in [3.05, 3.63) is 34.9 Å². The number of amides is 2. The fourth-order valence-corrected chi connectivity index (χ4v) is 2.96. The number of nitrogens with two attached hydrogens (primary N) is 2. The number of piperazine rings is 1. The van der Waals surface area contributed by atoms with Crippen molar-refractivity contribution >= 4 is 35.8 Å². The summed E-state index contributed by atoms with van der Waals surface area (Å²) in [4.78, 5) is 27.7. The van der Waals surface area contributed by atoms with Gasteiger partial charge in [0.1, 0.15) is 6.04 Å². The first kappa shape index (κ1) is 20.7. The van der Waals surface area contributed by atoms with E-state index in [4.69, 9.17) is 23.1 Å². The standard InChI is InChI=1S/C16H23ClN4O2.ClH/c1-11(18)10-14(22)20-6-8-21(9-7-20)15(16(19)23)12-2-4-13(17)5-3-12;/h2-5,11,15H,6-10,18H2,1H3,(H2,19,23);1H. The molecule has 1 aliphatic heterocycles. The molecule has 1 aromatic carbocycles. The number of carbonyl (C=O) groups excluding carboxylic acids is 2. The lowest BCUT2D eigenvalue weighted by Gasteiger charge is -2.38. The van der Waals surface area contributed by atoms with Crippen molar-refractivity contribution < 1.29 is 9.59 Å². The van der Waals surface area contributed by atoms with Crippen LogP contribution in [0.25, 0.3) is 0 Å². The molecule has 0 bridgehead atoms. The molecule has 6 nitrogen and oxygen atoms in total. The van der Waals surface area contributed by atoms with Gasteiger partial charge in [-0.1, -0.05) is 23.7 Å². The third-order valence-electron chi connectivity index (χ3n) is 3.98. The molecule has 2 atom stereocenters. The van der Waals surface area contributed by atoms with Crippen molar-refractivity contribution in [2.45, 2.75) is 25.4 Å². The van der Waals surface area contributed by atoms with Crippen molar-refractivity contribution in [2.24, 2.45) is 11.5 Å². The zero-order valence-corrected chi connectivity index (χ0v) is 15.2. The molecular formula is C16H24Cl2N4O2. The maximum absolute atomic E-state index is 12.0. The number of benzene rings is 1. The Morgan fingerprint density at radius 3 is 2.17 bits per heavy atom. The summed E-state index contributed by atoms with van der Waals surface area (Å²) in [5.74, 6) is -0.343. The monoisotopic (exact) mass is 374 g/mol. The molecule has 1 fully saturated rings. The Morgan fingerprint density at radius 2 is 1.71 bits per heavy atom. The third kappa shape index (κ3) is 5.34. The minimum Gasteiger partial charge on any atom is -0.368 e. The summed E-state index contributed by atoms with van der Waals surface area (Å²) in [5, 5.41) is 0.614. The molecule has 134 valence electrons. The Bertz CT molecular complexity index is 558. The van der Waals surface area contributed by atoms with Gasteiger partial charge in [-0.05, 0) is 24.6 Å². The fraction of sp³-hybridized carbons (Fsp3) is 0.500. The second-order valence-electron chi connectivity index (χ2n) is 5.95. The highest BCUT2D eigenvalue weighted by molar-refractivity contribution is 6.30.